The van der Waals surface area contributed by atoms with Crippen molar-refractivity contribution in [2.45, 2.75) is 52.1 Å². The van der Waals surface area contributed by atoms with Gasteiger partial charge in [-0.05, 0) is 50.3 Å². The molecule has 2 rings (SSSR count). The molecule has 1 aromatic carbocycles. The molecule has 1 saturated heterocycles. The molecular weight excluding hydrogens is 276 g/mol. The Hall–Kier alpha value is -1.55. The van der Waals surface area contributed by atoms with E-state index in [1.54, 1.807) is 0 Å². The molecule has 1 amide bonds. The lowest BCUT2D eigenvalue weighted by atomic mass is 9.96. The molecule has 2 N–H and O–H groups in total. The number of nitrogens with two attached hydrogens (primary N) is 1. The van der Waals surface area contributed by atoms with Crippen molar-refractivity contribution in [2.24, 2.45) is 11.7 Å². The molecule has 2 atom stereocenters. The molecule has 1 fully saturated rings. The van der Waals surface area contributed by atoms with Crippen LogP contribution < -0.4 is 10.5 Å². The summed E-state index contributed by atoms with van der Waals surface area (Å²) >= 11 is 0. The summed E-state index contributed by atoms with van der Waals surface area (Å²) in [5.41, 5.74) is 6.75. The second-order valence-electron chi connectivity index (χ2n) is 6.65. The Kier molecular flexibility index (Phi) is 5.83. The number of hydrogen-bond donors (Lipinski definition) is 1. The molecule has 2 unspecified atom stereocenters. The second-order valence-corrected chi connectivity index (χ2v) is 6.65. The first-order valence-electron chi connectivity index (χ1n) is 8.28. The topological polar surface area (TPSA) is 55.6 Å². The van der Waals surface area contributed by atoms with Crippen LogP contribution in [0.3, 0.4) is 0 Å². The van der Waals surface area contributed by atoms with Crippen molar-refractivity contribution in [1.29, 1.82) is 0 Å². The minimum Gasteiger partial charge on any atom is -0.493 e. The van der Waals surface area contributed by atoms with Gasteiger partial charge in [-0.1, -0.05) is 19.9 Å². The maximum Gasteiger partial charge on any atom is 0.254 e. The Morgan fingerprint density at radius 3 is 2.82 bits per heavy atom. The third kappa shape index (κ3) is 4.23. The summed E-state index contributed by atoms with van der Waals surface area (Å²) in [6.07, 6.45) is 3.19. The van der Waals surface area contributed by atoms with Crippen LogP contribution in [-0.4, -0.2) is 36.0 Å². The fourth-order valence-electron chi connectivity index (χ4n) is 2.90. The number of amides is 1. The van der Waals surface area contributed by atoms with Gasteiger partial charge >= 0.3 is 0 Å². The van der Waals surface area contributed by atoms with Crippen LogP contribution in [0.5, 0.6) is 5.75 Å². The first-order chi connectivity index (χ1) is 10.5. The van der Waals surface area contributed by atoms with E-state index in [9.17, 15) is 4.79 Å². The molecule has 1 aliphatic rings. The smallest absolute Gasteiger partial charge is 0.254 e. The first kappa shape index (κ1) is 16.8. The fourth-order valence-corrected chi connectivity index (χ4v) is 2.90. The van der Waals surface area contributed by atoms with Crippen LogP contribution in [0.1, 0.15) is 50.4 Å². The van der Waals surface area contributed by atoms with Crippen LogP contribution >= 0.6 is 0 Å². The van der Waals surface area contributed by atoms with E-state index in [0.717, 1.165) is 31.6 Å². The largest absolute Gasteiger partial charge is 0.493 e. The summed E-state index contributed by atoms with van der Waals surface area (Å²) in [6.45, 7) is 7.65. The number of likely N-dealkylation sites (tertiary alicyclic amines) is 1. The molecule has 1 heterocycles. The van der Waals surface area contributed by atoms with Crippen LogP contribution in [0.4, 0.5) is 0 Å². The number of piperidine rings is 1. The lowest BCUT2D eigenvalue weighted by Crippen LogP contribution is -2.51. The summed E-state index contributed by atoms with van der Waals surface area (Å²) in [4.78, 5) is 14.8. The quantitative estimate of drug-likeness (QED) is 0.909. The Morgan fingerprint density at radius 2 is 2.14 bits per heavy atom. The molecule has 122 valence electrons. The van der Waals surface area contributed by atoms with E-state index in [1.165, 1.54) is 0 Å². The van der Waals surface area contributed by atoms with Crippen LogP contribution in [0.25, 0.3) is 0 Å². The van der Waals surface area contributed by atoms with E-state index in [0.29, 0.717) is 18.1 Å². The predicted octanol–water partition coefficient (Wildman–Crippen LogP) is 3.06. The van der Waals surface area contributed by atoms with Crippen LogP contribution in [-0.2, 0) is 0 Å². The maximum absolute atomic E-state index is 12.8. The Labute approximate surface area is 133 Å². The molecule has 0 bridgehead atoms. The van der Waals surface area contributed by atoms with Crippen molar-refractivity contribution in [2.75, 3.05) is 13.2 Å². The van der Waals surface area contributed by atoms with Crippen molar-refractivity contribution < 1.29 is 9.53 Å². The molecule has 0 radical (unpaired) electrons. The third-order valence-electron chi connectivity index (χ3n) is 4.08. The minimum absolute atomic E-state index is 0.00428. The van der Waals surface area contributed by atoms with E-state index < -0.39 is 0 Å². The third-order valence-corrected chi connectivity index (χ3v) is 4.08. The second kappa shape index (κ2) is 7.63. The summed E-state index contributed by atoms with van der Waals surface area (Å²) < 4.78 is 5.72. The predicted molar refractivity (Wildman–Crippen MR) is 89.1 cm³/mol. The molecule has 4 nitrogen and oxygen atoms in total. The summed E-state index contributed by atoms with van der Waals surface area (Å²) in [7, 11) is 0. The number of nitrogens with zero attached hydrogens (tertiary/aromatic N) is 1. The fraction of sp³-hybridized carbons (Fsp3) is 0.611. The zero-order valence-corrected chi connectivity index (χ0v) is 13.9. The minimum atomic E-state index is 0.00428. The first-order valence-corrected chi connectivity index (χ1v) is 8.28. The molecule has 4 heteroatoms. The van der Waals surface area contributed by atoms with E-state index in [1.807, 2.05) is 36.1 Å². The zero-order chi connectivity index (χ0) is 16.1. The van der Waals surface area contributed by atoms with E-state index in [-0.39, 0.29) is 18.0 Å². The van der Waals surface area contributed by atoms with Gasteiger partial charge < -0.3 is 15.4 Å². The van der Waals surface area contributed by atoms with Crippen molar-refractivity contribution in [3.63, 3.8) is 0 Å². The van der Waals surface area contributed by atoms with Crippen LogP contribution in [0.2, 0.25) is 0 Å². The lowest BCUT2D eigenvalue weighted by molar-refractivity contribution is 0.0583. The highest BCUT2D eigenvalue weighted by Crippen LogP contribution is 2.23. The average Bonchev–Trinajstić information content (AvgIpc) is 2.52. The maximum atomic E-state index is 12.8. The monoisotopic (exact) mass is 304 g/mol. The molecule has 0 spiro atoms. The zero-order valence-electron chi connectivity index (χ0n) is 13.9. The van der Waals surface area contributed by atoms with Gasteiger partial charge in [0.05, 0.1) is 6.61 Å². The summed E-state index contributed by atoms with van der Waals surface area (Å²) in [5, 5.41) is 0. The van der Waals surface area contributed by atoms with Gasteiger partial charge in [-0.2, -0.15) is 0 Å². The van der Waals surface area contributed by atoms with Crippen molar-refractivity contribution in [3.05, 3.63) is 29.8 Å². The number of ether oxygens (including phenoxy) is 1. The van der Waals surface area contributed by atoms with E-state index in [4.69, 9.17) is 10.5 Å². The highest BCUT2D eigenvalue weighted by atomic mass is 16.5. The van der Waals surface area contributed by atoms with Crippen molar-refractivity contribution in [1.82, 2.24) is 4.90 Å². The standard InChI is InChI=1S/C18H28N2O2/c1-13(2)12-22-16-8-6-7-15(11-16)18(21)20-10-5-4-9-17(20)14(3)19/h6-8,11,13-14,17H,4-5,9-10,12,19H2,1-3H3. The number of carbonyl (C=O) groups is 1. The highest BCUT2D eigenvalue weighted by molar-refractivity contribution is 5.95. The number of benzene rings is 1. The van der Waals surface area contributed by atoms with Gasteiger partial charge in [0.25, 0.3) is 5.91 Å². The van der Waals surface area contributed by atoms with Crippen LogP contribution in [0.15, 0.2) is 24.3 Å². The number of hydrogen-bond acceptors (Lipinski definition) is 3. The molecule has 1 aliphatic heterocycles. The SMILES string of the molecule is CC(C)COc1cccc(C(=O)N2CCCCC2C(C)N)c1. The lowest BCUT2D eigenvalue weighted by Gasteiger charge is -2.38. The van der Waals surface area contributed by atoms with E-state index in [2.05, 4.69) is 13.8 Å². The van der Waals surface area contributed by atoms with E-state index >= 15 is 0 Å². The van der Waals surface area contributed by atoms with Gasteiger partial charge in [-0.3, -0.25) is 4.79 Å². The Balaban J connectivity index is 2.12. The summed E-state index contributed by atoms with van der Waals surface area (Å²) in [6, 6.07) is 7.63. The Bertz CT molecular complexity index is 500. The molecule has 0 saturated carbocycles. The molecule has 0 aliphatic carbocycles. The van der Waals surface area contributed by atoms with Gasteiger partial charge in [0, 0.05) is 24.2 Å². The number of rotatable bonds is 5. The van der Waals surface area contributed by atoms with Gasteiger partial charge in [-0.25, -0.2) is 0 Å². The number of carbonyl (C=O) groups excluding carboxylic acids is 1. The van der Waals surface area contributed by atoms with Crippen LogP contribution in [0, 0.1) is 5.92 Å². The van der Waals surface area contributed by atoms with Gasteiger partial charge in [0.2, 0.25) is 0 Å². The molecule has 22 heavy (non-hydrogen) atoms. The highest BCUT2D eigenvalue weighted by Gasteiger charge is 2.29. The average molecular weight is 304 g/mol. The molecular formula is C18H28N2O2. The normalized spacial score (nSPS) is 20.0. The van der Waals surface area contributed by atoms with Gasteiger partial charge in [-0.15, -0.1) is 0 Å². The van der Waals surface area contributed by atoms with Crippen molar-refractivity contribution >= 4 is 5.91 Å². The molecule has 1 aromatic rings. The van der Waals surface area contributed by atoms with Gasteiger partial charge in [0.1, 0.15) is 5.75 Å². The molecule has 0 aromatic heterocycles. The summed E-state index contributed by atoms with van der Waals surface area (Å²) in [5.74, 6) is 1.29. The van der Waals surface area contributed by atoms with Crippen molar-refractivity contribution in [3.8, 4) is 5.75 Å². The van der Waals surface area contributed by atoms with Gasteiger partial charge in [0.15, 0.2) is 0 Å². The Morgan fingerprint density at radius 1 is 1.36 bits per heavy atom.